The average Bonchev–Trinajstić information content (AvgIpc) is 2.83. The number of phenols is 1. The van der Waals surface area contributed by atoms with Crippen LogP contribution in [0.15, 0.2) is 48.5 Å². The fourth-order valence-corrected chi connectivity index (χ4v) is 2.80. The molecule has 2 N–H and O–H groups in total. The van der Waals surface area contributed by atoms with Crippen LogP contribution in [0.2, 0.25) is 0 Å². The molecule has 0 saturated heterocycles. The van der Waals surface area contributed by atoms with Crippen LogP contribution in [0.5, 0.6) is 5.75 Å². The van der Waals surface area contributed by atoms with Crippen LogP contribution in [0.4, 0.5) is 0 Å². The summed E-state index contributed by atoms with van der Waals surface area (Å²) in [5.74, 6) is -1.02. The summed E-state index contributed by atoms with van der Waals surface area (Å²) in [6.07, 6.45) is -0.176. The zero-order valence-electron chi connectivity index (χ0n) is 11.8. The number of nitrogens with zero attached hydrogens (tertiary/aromatic N) is 1. The van der Waals surface area contributed by atoms with Crippen LogP contribution in [0.1, 0.15) is 33.9 Å². The smallest absolute Gasteiger partial charge is 0.305 e. The van der Waals surface area contributed by atoms with E-state index < -0.39 is 12.0 Å². The van der Waals surface area contributed by atoms with Crippen LogP contribution in [-0.2, 0) is 11.3 Å². The van der Waals surface area contributed by atoms with Gasteiger partial charge in [-0.25, -0.2) is 0 Å². The van der Waals surface area contributed by atoms with E-state index in [0.29, 0.717) is 17.7 Å². The van der Waals surface area contributed by atoms with E-state index in [1.54, 1.807) is 29.2 Å². The molecule has 5 heteroatoms. The number of carboxylic acid groups (broad SMARTS) is 1. The third-order valence-corrected chi connectivity index (χ3v) is 3.87. The monoisotopic (exact) mass is 297 g/mol. The van der Waals surface area contributed by atoms with Gasteiger partial charge in [0.1, 0.15) is 5.75 Å². The molecule has 0 fully saturated rings. The topological polar surface area (TPSA) is 77.8 Å². The summed E-state index contributed by atoms with van der Waals surface area (Å²) in [6, 6.07) is 13.0. The second kappa shape index (κ2) is 5.52. The highest BCUT2D eigenvalue weighted by molar-refractivity contribution is 5.98. The third-order valence-electron chi connectivity index (χ3n) is 3.87. The maximum Gasteiger partial charge on any atom is 0.305 e. The highest BCUT2D eigenvalue weighted by Crippen LogP contribution is 2.33. The van der Waals surface area contributed by atoms with Crippen molar-refractivity contribution in [2.24, 2.45) is 0 Å². The summed E-state index contributed by atoms with van der Waals surface area (Å²) < 4.78 is 0. The number of amides is 1. The van der Waals surface area contributed by atoms with Gasteiger partial charge in [-0.15, -0.1) is 0 Å². The van der Waals surface area contributed by atoms with Crippen molar-refractivity contribution in [1.82, 2.24) is 4.90 Å². The summed E-state index contributed by atoms with van der Waals surface area (Å²) in [6.45, 7) is 0.397. The molecule has 2 aromatic carbocycles. The van der Waals surface area contributed by atoms with Crippen molar-refractivity contribution in [3.8, 4) is 5.75 Å². The average molecular weight is 297 g/mol. The fraction of sp³-hybridized carbons (Fsp3) is 0.176. The first kappa shape index (κ1) is 14.1. The molecular weight excluding hydrogens is 282 g/mol. The standard InChI is InChI=1S/C17H15NO4/c19-13-7-5-11(6-8-13)15(9-16(20)21)18-10-12-3-1-2-4-14(12)17(18)22/h1-8,15,19H,9-10H2,(H,20,21). The predicted molar refractivity (Wildman–Crippen MR) is 79.4 cm³/mol. The number of fused-ring (bicyclic) bond motifs is 1. The Balaban J connectivity index is 1.96. The Kier molecular flexibility index (Phi) is 3.55. The highest BCUT2D eigenvalue weighted by Gasteiger charge is 2.34. The Morgan fingerprint density at radius 3 is 2.45 bits per heavy atom. The van der Waals surface area contributed by atoms with Gasteiger partial charge in [-0.05, 0) is 29.3 Å². The van der Waals surface area contributed by atoms with E-state index >= 15 is 0 Å². The van der Waals surface area contributed by atoms with Crippen molar-refractivity contribution in [2.75, 3.05) is 0 Å². The van der Waals surface area contributed by atoms with Gasteiger partial charge in [-0.1, -0.05) is 30.3 Å². The Morgan fingerprint density at radius 2 is 1.82 bits per heavy atom. The van der Waals surface area contributed by atoms with E-state index in [-0.39, 0.29) is 18.1 Å². The van der Waals surface area contributed by atoms with E-state index in [1.165, 1.54) is 12.1 Å². The minimum atomic E-state index is -0.971. The van der Waals surface area contributed by atoms with Gasteiger partial charge in [0.05, 0.1) is 12.5 Å². The van der Waals surface area contributed by atoms with Gasteiger partial charge in [0.25, 0.3) is 5.91 Å². The molecule has 0 aliphatic carbocycles. The molecule has 1 unspecified atom stereocenters. The van der Waals surface area contributed by atoms with Crippen molar-refractivity contribution >= 4 is 11.9 Å². The van der Waals surface area contributed by atoms with Gasteiger partial charge in [-0.2, -0.15) is 0 Å². The SMILES string of the molecule is O=C(O)CC(c1ccc(O)cc1)N1Cc2ccccc2C1=O. The molecule has 112 valence electrons. The molecule has 0 saturated carbocycles. The number of phenolic OH excluding ortho intramolecular Hbond substituents is 1. The van der Waals surface area contributed by atoms with Gasteiger partial charge < -0.3 is 15.1 Å². The number of hydrogen-bond acceptors (Lipinski definition) is 3. The van der Waals surface area contributed by atoms with E-state index in [9.17, 15) is 19.8 Å². The van der Waals surface area contributed by atoms with Crippen molar-refractivity contribution in [1.29, 1.82) is 0 Å². The van der Waals surface area contributed by atoms with Crippen LogP contribution in [0.3, 0.4) is 0 Å². The van der Waals surface area contributed by atoms with Crippen LogP contribution in [0, 0.1) is 0 Å². The van der Waals surface area contributed by atoms with E-state index in [1.807, 2.05) is 12.1 Å². The summed E-state index contributed by atoms with van der Waals surface area (Å²) in [4.78, 5) is 25.3. The minimum absolute atomic E-state index is 0.105. The number of aromatic hydroxyl groups is 1. The molecule has 5 nitrogen and oxygen atoms in total. The van der Waals surface area contributed by atoms with Gasteiger partial charge in [0.2, 0.25) is 0 Å². The second-order valence-corrected chi connectivity index (χ2v) is 5.30. The van der Waals surface area contributed by atoms with Gasteiger partial charge in [0, 0.05) is 12.1 Å². The minimum Gasteiger partial charge on any atom is -0.508 e. The van der Waals surface area contributed by atoms with E-state index in [2.05, 4.69) is 0 Å². The molecule has 1 aliphatic rings. The maximum absolute atomic E-state index is 12.5. The molecule has 0 radical (unpaired) electrons. The number of aliphatic carboxylic acids is 1. The molecule has 1 atom stereocenters. The zero-order valence-corrected chi connectivity index (χ0v) is 11.8. The number of carbonyl (C=O) groups is 2. The lowest BCUT2D eigenvalue weighted by atomic mass is 10.0. The van der Waals surface area contributed by atoms with Gasteiger partial charge in [0.15, 0.2) is 0 Å². The highest BCUT2D eigenvalue weighted by atomic mass is 16.4. The lowest BCUT2D eigenvalue weighted by Crippen LogP contribution is -2.30. The lowest BCUT2D eigenvalue weighted by Gasteiger charge is -2.27. The first-order valence-corrected chi connectivity index (χ1v) is 6.96. The summed E-state index contributed by atoms with van der Waals surface area (Å²) >= 11 is 0. The number of carbonyl (C=O) groups excluding carboxylic acids is 1. The second-order valence-electron chi connectivity index (χ2n) is 5.30. The Hall–Kier alpha value is -2.82. The Labute approximate surface area is 127 Å². The Bertz CT molecular complexity index is 724. The molecule has 22 heavy (non-hydrogen) atoms. The number of carboxylic acids is 1. The van der Waals surface area contributed by atoms with Gasteiger partial charge in [-0.3, -0.25) is 9.59 Å². The van der Waals surface area contributed by atoms with Crippen molar-refractivity contribution in [3.05, 3.63) is 65.2 Å². The summed E-state index contributed by atoms with van der Waals surface area (Å²) in [7, 11) is 0. The van der Waals surface area contributed by atoms with E-state index in [0.717, 1.165) is 5.56 Å². The van der Waals surface area contributed by atoms with Crippen LogP contribution in [0.25, 0.3) is 0 Å². The molecule has 3 rings (SSSR count). The van der Waals surface area contributed by atoms with Crippen molar-refractivity contribution in [3.63, 3.8) is 0 Å². The Morgan fingerprint density at radius 1 is 1.14 bits per heavy atom. The molecule has 0 bridgehead atoms. The largest absolute Gasteiger partial charge is 0.508 e. The van der Waals surface area contributed by atoms with E-state index in [4.69, 9.17) is 0 Å². The number of hydrogen-bond donors (Lipinski definition) is 2. The van der Waals surface area contributed by atoms with Crippen molar-refractivity contribution < 1.29 is 19.8 Å². The van der Waals surface area contributed by atoms with Crippen LogP contribution >= 0.6 is 0 Å². The number of benzene rings is 2. The maximum atomic E-state index is 12.5. The normalized spacial score (nSPS) is 14.7. The first-order chi connectivity index (χ1) is 10.6. The van der Waals surface area contributed by atoms with Crippen LogP contribution < -0.4 is 0 Å². The predicted octanol–water partition coefficient (Wildman–Crippen LogP) is 2.56. The molecule has 1 aliphatic heterocycles. The van der Waals surface area contributed by atoms with Crippen LogP contribution in [-0.4, -0.2) is 27.0 Å². The molecular formula is C17H15NO4. The fourth-order valence-electron chi connectivity index (χ4n) is 2.80. The van der Waals surface area contributed by atoms with Crippen molar-refractivity contribution in [2.45, 2.75) is 19.0 Å². The zero-order chi connectivity index (χ0) is 15.7. The number of rotatable bonds is 4. The summed E-state index contributed by atoms with van der Waals surface area (Å²) in [5, 5.41) is 18.6. The first-order valence-electron chi connectivity index (χ1n) is 6.96. The molecule has 0 aromatic heterocycles. The molecule has 1 heterocycles. The molecule has 0 spiro atoms. The molecule has 1 amide bonds. The quantitative estimate of drug-likeness (QED) is 0.909. The molecule has 2 aromatic rings. The third kappa shape index (κ3) is 2.53. The summed E-state index contributed by atoms with van der Waals surface area (Å²) in [5.41, 5.74) is 2.22. The lowest BCUT2D eigenvalue weighted by molar-refractivity contribution is -0.138. The van der Waals surface area contributed by atoms with Gasteiger partial charge >= 0.3 is 5.97 Å².